The molecule has 128 valence electrons. The van der Waals surface area contributed by atoms with Crippen molar-refractivity contribution in [3.8, 4) is 0 Å². The Morgan fingerprint density at radius 3 is 2.29 bits per heavy atom. The summed E-state index contributed by atoms with van der Waals surface area (Å²) in [5, 5.41) is 13.6. The molecule has 3 rings (SSSR count). The zero-order chi connectivity index (χ0) is 17.2. The normalized spacial score (nSPS) is 18.2. The molecule has 0 radical (unpaired) electrons. The van der Waals surface area contributed by atoms with E-state index in [1.807, 2.05) is 18.2 Å². The standard InChI is InChI=1S/C19H22F2N2O/c20-15-10-13(11-16(21)12-15)6-7-17(24)18(22)23-19(8-9-19)14-4-2-1-3-5-14/h1-5,10-12,17-18,23-24H,6-9,22H2. The molecule has 1 fully saturated rings. The fourth-order valence-corrected chi connectivity index (χ4v) is 3.06. The van der Waals surface area contributed by atoms with Crippen molar-refractivity contribution in [3.05, 3.63) is 71.3 Å². The summed E-state index contributed by atoms with van der Waals surface area (Å²) in [5.74, 6) is -1.22. The molecule has 5 heteroatoms. The van der Waals surface area contributed by atoms with E-state index in [4.69, 9.17) is 5.73 Å². The Bertz CT molecular complexity index is 669. The monoisotopic (exact) mass is 332 g/mol. The van der Waals surface area contributed by atoms with Crippen LogP contribution in [0, 0.1) is 11.6 Å². The maximum Gasteiger partial charge on any atom is 0.126 e. The first-order valence-electron chi connectivity index (χ1n) is 8.20. The van der Waals surface area contributed by atoms with Crippen LogP contribution in [0.15, 0.2) is 48.5 Å². The SMILES string of the molecule is NC(NC1(c2ccccc2)CC1)C(O)CCc1cc(F)cc(F)c1. The Morgan fingerprint density at radius 1 is 1.08 bits per heavy atom. The van der Waals surface area contributed by atoms with Crippen LogP contribution in [-0.2, 0) is 12.0 Å². The molecule has 3 nitrogen and oxygen atoms in total. The van der Waals surface area contributed by atoms with Crippen molar-refractivity contribution in [2.24, 2.45) is 5.73 Å². The number of aryl methyl sites for hydroxylation is 1. The number of benzene rings is 2. The van der Waals surface area contributed by atoms with Crippen molar-refractivity contribution < 1.29 is 13.9 Å². The molecule has 1 aliphatic carbocycles. The molecular weight excluding hydrogens is 310 g/mol. The van der Waals surface area contributed by atoms with Crippen LogP contribution in [0.2, 0.25) is 0 Å². The molecule has 2 atom stereocenters. The molecular formula is C19H22F2N2O. The van der Waals surface area contributed by atoms with Crippen molar-refractivity contribution in [2.75, 3.05) is 0 Å². The zero-order valence-electron chi connectivity index (χ0n) is 13.4. The van der Waals surface area contributed by atoms with Crippen molar-refractivity contribution in [2.45, 2.75) is 43.5 Å². The molecule has 0 spiro atoms. The van der Waals surface area contributed by atoms with Gasteiger partial charge in [-0.05, 0) is 48.9 Å². The van der Waals surface area contributed by atoms with E-state index in [2.05, 4.69) is 17.4 Å². The van der Waals surface area contributed by atoms with Crippen molar-refractivity contribution in [1.29, 1.82) is 0 Å². The molecule has 0 aromatic heterocycles. The van der Waals surface area contributed by atoms with Gasteiger partial charge >= 0.3 is 0 Å². The zero-order valence-corrected chi connectivity index (χ0v) is 13.4. The van der Waals surface area contributed by atoms with Crippen LogP contribution in [0.1, 0.15) is 30.4 Å². The Labute approximate surface area is 140 Å². The summed E-state index contributed by atoms with van der Waals surface area (Å²) in [5.41, 5.74) is 7.62. The largest absolute Gasteiger partial charge is 0.390 e. The van der Waals surface area contributed by atoms with Gasteiger partial charge in [-0.15, -0.1) is 0 Å². The maximum atomic E-state index is 13.2. The summed E-state index contributed by atoms with van der Waals surface area (Å²) in [7, 11) is 0. The molecule has 2 aromatic carbocycles. The van der Waals surface area contributed by atoms with Gasteiger partial charge in [-0.2, -0.15) is 0 Å². The smallest absolute Gasteiger partial charge is 0.126 e. The topological polar surface area (TPSA) is 58.3 Å². The number of hydrogen-bond acceptors (Lipinski definition) is 3. The lowest BCUT2D eigenvalue weighted by molar-refractivity contribution is 0.112. The third-order valence-electron chi connectivity index (χ3n) is 4.58. The van der Waals surface area contributed by atoms with E-state index >= 15 is 0 Å². The second kappa shape index (κ2) is 6.97. The van der Waals surface area contributed by atoms with Crippen molar-refractivity contribution in [3.63, 3.8) is 0 Å². The van der Waals surface area contributed by atoms with E-state index in [1.165, 1.54) is 17.7 Å². The summed E-state index contributed by atoms with van der Waals surface area (Å²) in [4.78, 5) is 0. The lowest BCUT2D eigenvalue weighted by atomic mass is 10.0. The Balaban J connectivity index is 1.56. The van der Waals surface area contributed by atoms with Gasteiger partial charge in [-0.1, -0.05) is 30.3 Å². The van der Waals surface area contributed by atoms with Crippen LogP contribution in [0.4, 0.5) is 8.78 Å². The highest BCUT2D eigenvalue weighted by atomic mass is 19.1. The minimum Gasteiger partial charge on any atom is -0.390 e. The van der Waals surface area contributed by atoms with Crippen LogP contribution in [0.25, 0.3) is 0 Å². The van der Waals surface area contributed by atoms with E-state index in [-0.39, 0.29) is 5.54 Å². The van der Waals surface area contributed by atoms with E-state index in [0.717, 1.165) is 18.9 Å². The van der Waals surface area contributed by atoms with Crippen molar-refractivity contribution in [1.82, 2.24) is 5.32 Å². The molecule has 0 heterocycles. The van der Waals surface area contributed by atoms with E-state index in [1.54, 1.807) is 0 Å². The molecule has 0 amide bonds. The summed E-state index contributed by atoms with van der Waals surface area (Å²) >= 11 is 0. The highest BCUT2D eigenvalue weighted by Gasteiger charge is 2.45. The fourth-order valence-electron chi connectivity index (χ4n) is 3.06. The number of nitrogens with two attached hydrogens (primary N) is 1. The third kappa shape index (κ3) is 3.98. The maximum absolute atomic E-state index is 13.2. The minimum atomic E-state index is -0.794. The average Bonchev–Trinajstić information content (AvgIpc) is 3.33. The lowest BCUT2D eigenvalue weighted by Crippen LogP contribution is -2.51. The van der Waals surface area contributed by atoms with Crippen LogP contribution in [-0.4, -0.2) is 17.4 Å². The highest BCUT2D eigenvalue weighted by molar-refractivity contribution is 5.30. The predicted molar refractivity (Wildman–Crippen MR) is 89.2 cm³/mol. The van der Waals surface area contributed by atoms with E-state index in [9.17, 15) is 13.9 Å². The molecule has 4 N–H and O–H groups in total. The van der Waals surface area contributed by atoms with Gasteiger partial charge < -0.3 is 10.8 Å². The second-order valence-corrected chi connectivity index (χ2v) is 6.50. The third-order valence-corrected chi connectivity index (χ3v) is 4.58. The van der Waals surface area contributed by atoms with Crippen molar-refractivity contribution >= 4 is 0 Å². The van der Waals surface area contributed by atoms with E-state index < -0.39 is 23.9 Å². The van der Waals surface area contributed by atoms with Gasteiger partial charge in [0.1, 0.15) is 11.6 Å². The Kier molecular flexibility index (Phi) is 4.94. The van der Waals surface area contributed by atoms with Gasteiger partial charge in [0.05, 0.1) is 12.3 Å². The number of aliphatic hydroxyl groups is 1. The second-order valence-electron chi connectivity index (χ2n) is 6.50. The van der Waals surface area contributed by atoms with Gasteiger partial charge in [0.2, 0.25) is 0 Å². The number of nitrogens with one attached hydrogen (secondary N) is 1. The van der Waals surface area contributed by atoms with Crippen LogP contribution in [0.5, 0.6) is 0 Å². The summed E-state index contributed by atoms with van der Waals surface area (Å²) in [6.45, 7) is 0. The van der Waals surface area contributed by atoms with Gasteiger partial charge in [0.15, 0.2) is 0 Å². The summed E-state index contributed by atoms with van der Waals surface area (Å²) in [6.07, 6.45) is 1.27. The predicted octanol–water partition coefficient (Wildman–Crippen LogP) is 2.82. The highest BCUT2D eigenvalue weighted by Crippen LogP contribution is 2.45. The van der Waals surface area contributed by atoms with Crippen LogP contribution >= 0.6 is 0 Å². The first kappa shape index (κ1) is 17.0. The fraction of sp³-hybridized carbons (Fsp3) is 0.368. The van der Waals surface area contributed by atoms with Gasteiger partial charge in [0.25, 0.3) is 0 Å². The molecule has 0 aliphatic heterocycles. The molecule has 1 saturated carbocycles. The number of aliphatic hydroxyl groups excluding tert-OH is 1. The molecule has 24 heavy (non-hydrogen) atoms. The lowest BCUT2D eigenvalue weighted by Gasteiger charge is -2.27. The van der Waals surface area contributed by atoms with E-state index in [0.29, 0.717) is 18.4 Å². The Hall–Kier alpha value is -1.82. The average molecular weight is 332 g/mol. The van der Waals surface area contributed by atoms with Crippen LogP contribution in [0.3, 0.4) is 0 Å². The quantitative estimate of drug-likeness (QED) is 0.684. The molecule has 0 bridgehead atoms. The summed E-state index contributed by atoms with van der Waals surface area (Å²) in [6, 6.07) is 13.4. The van der Waals surface area contributed by atoms with Gasteiger partial charge in [0, 0.05) is 11.6 Å². The summed E-state index contributed by atoms with van der Waals surface area (Å²) < 4.78 is 26.4. The van der Waals surface area contributed by atoms with Gasteiger partial charge in [-0.3, -0.25) is 5.32 Å². The Morgan fingerprint density at radius 2 is 1.71 bits per heavy atom. The molecule has 2 aromatic rings. The molecule has 2 unspecified atom stereocenters. The minimum absolute atomic E-state index is 0.160. The van der Waals surface area contributed by atoms with Gasteiger partial charge in [-0.25, -0.2) is 8.78 Å². The number of rotatable bonds is 7. The number of halogens is 2. The van der Waals surface area contributed by atoms with Crippen LogP contribution < -0.4 is 11.1 Å². The first-order valence-corrected chi connectivity index (χ1v) is 8.20. The molecule has 1 aliphatic rings. The molecule has 0 saturated heterocycles. The first-order chi connectivity index (χ1) is 11.5. The number of hydrogen-bond donors (Lipinski definition) is 3.